The van der Waals surface area contributed by atoms with Gasteiger partial charge in [0.15, 0.2) is 0 Å². The summed E-state index contributed by atoms with van der Waals surface area (Å²) in [6.07, 6.45) is 22.4. The van der Waals surface area contributed by atoms with Crippen LogP contribution in [-0.2, 0) is 4.74 Å². The average Bonchev–Trinajstić information content (AvgIpc) is 2.70. The first-order chi connectivity index (χ1) is 14.1. The molecule has 0 atom stereocenters. The molecule has 0 bridgehead atoms. The first-order valence-electron chi connectivity index (χ1n) is 11.4. The van der Waals surface area contributed by atoms with E-state index in [1.165, 1.54) is 77.0 Å². The Kier molecular flexibility index (Phi) is 16.0. The standard InChI is InChI=1S/C25H38Cl2O2/c1-2-3-4-5-6-7-8-9-10-11-12-13-14-15-16-17-20-29-25(28)23-19-18-22(26)21-24(23)27/h9-10,18-19,21H,2-8,11-17,20H2,1H3. The summed E-state index contributed by atoms with van der Waals surface area (Å²) >= 11 is 11.9. The van der Waals surface area contributed by atoms with Gasteiger partial charge in [-0.1, -0.05) is 100 Å². The Morgan fingerprint density at radius 2 is 1.38 bits per heavy atom. The van der Waals surface area contributed by atoms with E-state index in [0.29, 0.717) is 22.2 Å². The Balaban J connectivity index is 1.88. The fourth-order valence-corrected chi connectivity index (χ4v) is 3.73. The van der Waals surface area contributed by atoms with Crippen LogP contribution in [0, 0.1) is 0 Å². The highest BCUT2D eigenvalue weighted by Gasteiger charge is 2.11. The minimum Gasteiger partial charge on any atom is -0.462 e. The van der Waals surface area contributed by atoms with Crippen LogP contribution in [-0.4, -0.2) is 12.6 Å². The number of benzene rings is 1. The largest absolute Gasteiger partial charge is 0.462 e. The Morgan fingerprint density at radius 3 is 1.97 bits per heavy atom. The molecule has 0 heterocycles. The maximum absolute atomic E-state index is 12.0. The van der Waals surface area contributed by atoms with Gasteiger partial charge in [0.25, 0.3) is 0 Å². The van der Waals surface area contributed by atoms with Crippen molar-refractivity contribution in [1.29, 1.82) is 0 Å². The van der Waals surface area contributed by atoms with Crippen LogP contribution in [0.4, 0.5) is 0 Å². The predicted molar refractivity (Wildman–Crippen MR) is 126 cm³/mol. The van der Waals surface area contributed by atoms with Crippen molar-refractivity contribution in [3.63, 3.8) is 0 Å². The molecular weight excluding hydrogens is 403 g/mol. The van der Waals surface area contributed by atoms with Crippen LogP contribution in [0.5, 0.6) is 0 Å². The zero-order chi connectivity index (χ0) is 21.2. The van der Waals surface area contributed by atoms with Crippen LogP contribution in [0.1, 0.15) is 107 Å². The van der Waals surface area contributed by atoms with Gasteiger partial charge < -0.3 is 4.74 Å². The van der Waals surface area contributed by atoms with Crippen molar-refractivity contribution >= 4 is 29.2 Å². The van der Waals surface area contributed by atoms with Crippen LogP contribution < -0.4 is 0 Å². The number of carbonyl (C=O) groups excluding carboxylic acids is 1. The zero-order valence-corrected chi connectivity index (χ0v) is 19.6. The Morgan fingerprint density at radius 1 is 0.828 bits per heavy atom. The number of ether oxygens (including phenoxy) is 1. The van der Waals surface area contributed by atoms with E-state index in [2.05, 4.69) is 19.1 Å². The van der Waals surface area contributed by atoms with Gasteiger partial charge in [-0.15, -0.1) is 0 Å². The molecule has 1 aromatic carbocycles. The fraction of sp³-hybridized carbons (Fsp3) is 0.640. The second-order valence-electron chi connectivity index (χ2n) is 7.70. The van der Waals surface area contributed by atoms with Crippen molar-refractivity contribution in [2.24, 2.45) is 0 Å². The van der Waals surface area contributed by atoms with Crippen molar-refractivity contribution in [2.75, 3.05) is 6.61 Å². The molecule has 0 aliphatic heterocycles. The predicted octanol–water partition coefficient (Wildman–Crippen LogP) is 9.19. The molecule has 1 aromatic rings. The van der Waals surface area contributed by atoms with E-state index < -0.39 is 0 Å². The van der Waals surface area contributed by atoms with Gasteiger partial charge in [-0.05, 0) is 50.3 Å². The first-order valence-corrected chi connectivity index (χ1v) is 12.2. The fourth-order valence-electron chi connectivity index (χ4n) is 3.25. The molecule has 4 heteroatoms. The molecule has 0 amide bonds. The molecule has 0 fully saturated rings. The van der Waals surface area contributed by atoms with Crippen molar-refractivity contribution < 1.29 is 9.53 Å². The summed E-state index contributed by atoms with van der Waals surface area (Å²) in [5, 5.41) is 0.850. The van der Waals surface area contributed by atoms with E-state index in [9.17, 15) is 4.79 Å². The van der Waals surface area contributed by atoms with Gasteiger partial charge in [-0.25, -0.2) is 4.79 Å². The summed E-state index contributed by atoms with van der Waals surface area (Å²) in [6, 6.07) is 4.81. The number of rotatable bonds is 17. The minimum atomic E-state index is -0.376. The van der Waals surface area contributed by atoms with Gasteiger partial charge >= 0.3 is 5.97 Å². The van der Waals surface area contributed by atoms with E-state index >= 15 is 0 Å². The summed E-state index contributed by atoms with van der Waals surface area (Å²) in [5.41, 5.74) is 0.376. The zero-order valence-electron chi connectivity index (χ0n) is 18.1. The molecule has 0 aliphatic rings. The Labute approximate surface area is 188 Å². The summed E-state index contributed by atoms with van der Waals surface area (Å²) in [4.78, 5) is 12.0. The first kappa shape index (κ1) is 26.0. The summed E-state index contributed by atoms with van der Waals surface area (Å²) in [7, 11) is 0. The molecule has 164 valence electrons. The maximum Gasteiger partial charge on any atom is 0.339 e. The lowest BCUT2D eigenvalue weighted by atomic mass is 10.1. The third-order valence-corrected chi connectivity index (χ3v) is 5.59. The van der Waals surface area contributed by atoms with E-state index in [4.69, 9.17) is 27.9 Å². The highest BCUT2D eigenvalue weighted by Crippen LogP contribution is 2.21. The highest BCUT2D eigenvalue weighted by molar-refractivity contribution is 6.36. The van der Waals surface area contributed by atoms with Crippen molar-refractivity contribution in [1.82, 2.24) is 0 Å². The van der Waals surface area contributed by atoms with Gasteiger partial charge in [0.1, 0.15) is 0 Å². The molecule has 0 radical (unpaired) electrons. The highest BCUT2D eigenvalue weighted by atomic mass is 35.5. The lowest BCUT2D eigenvalue weighted by Crippen LogP contribution is -2.07. The number of carbonyl (C=O) groups is 1. The van der Waals surface area contributed by atoms with Crippen LogP contribution in [0.2, 0.25) is 10.0 Å². The second-order valence-corrected chi connectivity index (χ2v) is 8.54. The molecule has 0 aliphatic carbocycles. The van der Waals surface area contributed by atoms with Gasteiger partial charge in [0, 0.05) is 5.02 Å². The van der Waals surface area contributed by atoms with Gasteiger partial charge in [-0.2, -0.15) is 0 Å². The number of hydrogen-bond acceptors (Lipinski definition) is 2. The van der Waals surface area contributed by atoms with E-state index in [1.54, 1.807) is 18.2 Å². The number of unbranched alkanes of at least 4 members (excludes halogenated alkanes) is 12. The van der Waals surface area contributed by atoms with Crippen molar-refractivity contribution in [2.45, 2.75) is 96.8 Å². The van der Waals surface area contributed by atoms with Crippen LogP contribution in [0.15, 0.2) is 30.4 Å². The molecule has 0 N–H and O–H groups in total. The molecule has 2 nitrogen and oxygen atoms in total. The number of allylic oxidation sites excluding steroid dienone is 2. The maximum atomic E-state index is 12.0. The number of hydrogen-bond donors (Lipinski definition) is 0. The van der Waals surface area contributed by atoms with Crippen LogP contribution in [0.3, 0.4) is 0 Å². The van der Waals surface area contributed by atoms with E-state index in [0.717, 1.165) is 12.8 Å². The topological polar surface area (TPSA) is 26.3 Å². The molecule has 0 unspecified atom stereocenters. The van der Waals surface area contributed by atoms with Gasteiger partial charge in [-0.3, -0.25) is 0 Å². The lowest BCUT2D eigenvalue weighted by Gasteiger charge is -2.06. The molecule has 0 spiro atoms. The lowest BCUT2D eigenvalue weighted by molar-refractivity contribution is 0.0498. The SMILES string of the molecule is CCCCCCCCC=CCCCCCCCCOC(=O)c1ccc(Cl)cc1Cl. The molecule has 0 saturated heterocycles. The minimum absolute atomic E-state index is 0.337. The number of halogens is 2. The second kappa shape index (κ2) is 17.8. The van der Waals surface area contributed by atoms with Crippen LogP contribution in [0.25, 0.3) is 0 Å². The van der Waals surface area contributed by atoms with Crippen molar-refractivity contribution in [3.05, 3.63) is 46.0 Å². The smallest absolute Gasteiger partial charge is 0.339 e. The Hall–Kier alpha value is -0.990. The summed E-state index contributed by atoms with van der Waals surface area (Å²) < 4.78 is 5.29. The third-order valence-electron chi connectivity index (χ3n) is 5.04. The van der Waals surface area contributed by atoms with Gasteiger partial charge in [0.2, 0.25) is 0 Å². The average molecular weight is 441 g/mol. The molecule has 0 aromatic heterocycles. The molecule has 0 saturated carbocycles. The third kappa shape index (κ3) is 13.8. The normalized spacial score (nSPS) is 11.3. The summed E-state index contributed by atoms with van der Waals surface area (Å²) in [5.74, 6) is -0.376. The van der Waals surface area contributed by atoms with E-state index in [1.807, 2.05) is 0 Å². The quantitative estimate of drug-likeness (QED) is 0.137. The van der Waals surface area contributed by atoms with Crippen molar-refractivity contribution in [3.8, 4) is 0 Å². The van der Waals surface area contributed by atoms with Gasteiger partial charge in [0.05, 0.1) is 17.2 Å². The Bertz CT molecular complexity index is 584. The summed E-state index contributed by atoms with van der Waals surface area (Å²) in [6.45, 7) is 2.71. The number of esters is 1. The molecule has 1 rings (SSSR count). The molecule has 29 heavy (non-hydrogen) atoms. The van der Waals surface area contributed by atoms with E-state index in [-0.39, 0.29) is 5.97 Å². The monoisotopic (exact) mass is 440 g/mol. The van der Waals surface area contributed by atoms with Crippen LogP contribution >= 0.6 is 23.2 Å². The molecular formula is C25H38Cl2O2.